The van der Waals surface area contributed by atoms with Crippen LogP contribution in [0.25, 0.3) is 44.0 Å². The van der Waals surface area contributed by atoms with Gasteiger partial charge in [0.15, 0.2) is 0 Å². The van der Waals surface area contributed by atoms with Gasteiger partial charge in [0.05, 0.1) is 17.3 Å². The average Bonchev–Trinajstić information content (AvgIpc) is 3.46. The maximum Gasteiger partial charge on any atom is 0.146 e. The van der Waals surface area contributed by atoms with E-state index in [1.807, 2.05) is 42.6 Å². The lowest BCUT2D eigenvalue weighted by Gasteiger charge is -2.12. The first-order valence-corrected chi connectivity index (χ1v) is 10.6. The summed E-state index contributed by atoms with van der Waals surface area (Å²) in [6, 6.07) is 23.0. The second-order valence-corrected chi connectivity index (χ2v) is 8.20. The van der Waals surface area contributed by atoms with Crippen LogP contribution in [0, 0.1) is 11.3 Å². The van der Waals surface area contributed by atoms with E-state index in [-0.39, 0.29) is 0 Å². The third-order valence-electron chi connectivity index (χ3n) is 6.52. The Morgan fingerprint density at radius 2 is 1.80 bits per heavy atom. The summed E-state index contributed by atoms with van der Waals surface area (Å²) in [5.41, 5.74) is 5.42. The number of hydrogen-bond donors (Lipinski definition) is 0. The van der Waals surface area contributed by atoms with Crippen molar-refractivity contribution in [2.24, 2.45) is 0 Å². The molecule has 0 spiro atoms. The zero-order chi connectivity index (χ0) is 20.1. The highest BCUT2D eigenvalue weighted by molar-refractivity contribution is 6.13. The van der Waals surface area contributed by atoms with Crippen LogP contribution in [0.2, 0.25) is 0 Å². The molecule has 0 atom stereocenters. The van der Waals surface area contributed by atoms with Gasteiger partial charge in [-0.3, -0.25) is 4.98 Å². The van der Waals surface area contributed by atoms with Crippen LogP contribution in [0.1, 0.15) is 42.7 Å². The SMILES string of the molecule is N#Cc1ccc(-c2nccc3cc(C4CCCC4)ccc23)c2oc3ccccc3c12. The van der Waals surface area contributed by atoms with Crippen LogP contribution in [0.5, 0.6) is 0 Å². The Kier molecular flexibility index (Phi) is 3.86. The molecule has 30 heavy (non-hydrogen) atoms. The van der Waals surface area contributed by atoms with Crippen LogP contribution in [0.4, 0.5) is 0 Å². The van der Waals surface area contributed by atoms with Crippen molar-refractivity contribution in [3.8, 4) is 17.3 Å². The lowest BCUT2D eigenvalue weighted by Crippen LogP contribution is -1.93. The van der Waals surface area contributed by atoms with Crippen molar-refractivity contribution in [3.63, 3.8) is 0 Å². The molecule has 3 heteroatoms. The van der Waals surface area contributed by atoms with E-state index >= 15 is 0 Å². The molecular weight excluding hydrogens is 368 g/mol. The first-order chi connectivity index (χ1) is 14.8. The normalized spacial score (nSPS) is 14.6. The first kappa shape index (κ1) is 17.2. The van der Waals surface area contributed by atoms with Crippen LogP contribution >= 0.6 is 0 Å². The predicted molar refractivity (Wildman–Crippen MR) is 120 cm³/mol. The summed E-state index contributed by atoms with van der Waals surface area (Å²) in [5.74, 6) is 0.683. The first-order valence-electron chi connectivity index (χ1n) is 10.6. The van der Waals surface area contributed by atoms with Gasteiger partial charge in [-0.1, -0.05) is 49.2 Å². The molecule has 6 rings (SSSR count). The van der Waals surface area contributed by atoms with Crippen LogP contribution in [-0.2, 0) is 0 Å². The number of benzene rings is 3. The van der Waals surface area contributed by atoms with Gasteiger partial charge in [0.1, 0.15) is 11.2 Å². The summed E-state index contributed by atoms with van der Waals surface area (Å²) >= 11 is 0. The van der Waals surface area contributed by atoms with Gasteiger partial charge >= 0.3 is 0 Å². The number of nitrogens with zero attached hydrogens (tertiary/aromatic N) is 2. The Labute approximate surface area is 174 Å². The molecule has 0 saturated heterocycles. The Morgan fingerprint density at radius 3 is 2.67 bits per heavy atom. The molecule has 0 bridgehead atoms. The molecule has 3 aromatic carbocycles. The fourth-order valence-corrected chi connectivity index (χ4v) is 5.03. The van der Waals surface area contributed by atoms with E-state index < -0.39 is 0 Å². The summed E-state index contributed by atoms with van der Waals surface area (Å²) in [7, 11) is 0. The topological polar surface area (TPSA) is 49.8 Å². The zero-order valence-corrected chi connectivity index (χ0v) is 16.6. The second-order valence-electron chi connectivity index (χ2n) is 8.20. The highest BCUT2D eigenvalue weighted by Crippen LogP contribution is 2.40. The molecule has 1 fully saturated rings. The molecular formula is C27H20N2O. The third-order valence-corrected chi connectivity index (χ3v) is 6.52. The smallest absolute Gasteiger partial charge is 0.146 e. The van der Waals surface area contributed by atoms with Crippen molar-refractivity contribution in [3.05, 3.63) is 78.0 Å². The van der Waals surface area contributed by atoms with Gasteiger partial charge in [0.2, 0.25) is 0 Å². The number of rotatable bonds is 2. The standard InChI is InChI=1S/C27H20N2O/c28-16-20-10-12-23(27-25(20)22-7-3-4-8-24(22)30-27)26-21-11-9-18(17-5-1-2-6-17)15-19(21)13-14-29-26/h3-4,7-15,17H,1-2,5-6H2. The number of nitriles is 1. The minimum absolute atomic E-state index is 0.627. The Morgan fingerprint density at radius 1 is 0.933 bits per heavy atom. The number of pyridine rings is 1. The number of fused-ring (bicyclic) bond motifs is 4. The largest absolute Gasteiger partial charge is 0.455 e. The molecule has 1 saturated carbocycles. The van der Waals surface area contributed by atoms with Gasteiger partial charge in [-0.25, -0.2) is 0 Å². The van der Waals surface area contributed by atoms with Gasteiger partial charge < -0.3 is 4.42 Å². The molecule has 2 aromatic heterocycles. The summed E-state index contributed by atoms with van der Waals surface area (Å²) in [5, 5.41) is 13.8. The molecule has 2 heterocycles. The summed E-state index contributed by atoms with van der Waals surface area (Å²) in [6.07, 6.45) is 7.12. The van der Waals surface area contributed by atoms with E-state index in [9.17, 15) is 5.26 Å². The van der Waals surface area contributed by atoms with E-state index in [0.717, 1.165) is 38.6 Å². The second kappa shape index (κ2) is 6.71. The molecule has 5 aromatic rings. The molecule has 0 amide bonds. The zero-order valence-electron chi connectivity index (χ0n) is 16.6. The Balaban J connectivity index is 1.61. The number of furan rings is 1. The van der Waals surface area contributed by atoms with Crippen LogP contribution in [0.3, 0.4) is 0 Å². The van der Waals surface area contributed by atoms with Crippen LogP contribution < -0.4 is 0 Å². The Bertz CT molecular complexity index is 1470. The van der Waals surface area contributed by atoms with Crippen molar-refractivity contribution < 1.29 is 4.42 Å². The van der Waals surface area contributed by atoms with Crippen molar-refractivity contribution in [1.82, 2.24) is 4.98 Å². The highest BCUT2D eigenvalue weighted by atomic mass is 16.3. The average molecular weight is 388 g/mol. The summed E-state index contributed by atoms with van der Waals surface area (Å²) in [6.45, 7) is 0. The molecule has 0 aliphatic heterocycles. The minimum atomic E-state index is 0.627. The quantitative estimate of drug-likeness (QED) is 0.318. The molecule has 3 nitrogen and oxygen atoms in total. The number of aromatic nitrogens is 1. The fourth-order valence-electron chi connectivity index (χ4n) is 5.03. The van der Waals surface area contributed by atoms with Gasteiger partial charge in [-0.05, 0) is 54.0 Å². The number of hydrogen-bond acceptors (Lipinski definition) is 3. The van der Waals surface area contributed by atoms with Crippen molar-refractivity contribution in [2.45, 2.75) is 31.6 Å². The van der Waals surface area contributed by atoms with E-state index in [1.54, 1.807) is 0 Å². The van der Waals surface area contributed by atoms with Crippen LogP contribution in [0.15, 0.2) is 71.3 Å². The van der Waals surface area contributed by atoms with E-state index in [0.29, 0.717) is 11.5 Å². The Hall–Kier alpha value is -3.64. The van der Waals surface area contributed by atoms with Crippen molar-refractivity contribution in [1.29, 1.82) is 5.26 Å². The summed E-state index contributed by atoms with van der Waals surface area (Å²) in [4.78, 5) is 4.74. The van der Waals surface area contributed by atoms with Gasteiger partial charge in [0, 0.05) is 27.9 Å². The maximum atomic E-state index is 9.67. The molecule has 0 unspecified atom stereocenters. The molecule has 1 aliphatic rings. The van der Waals surface area contributed by atoms with Gasteiger partial charge in [0.25, 0.3) is 0 Å². The summed E-state index contributed by atoms with van der Waals surface area (Å²) < 4.78 is 6.24. The van der Waals surface area contributed by atoms with Gasteiger partial charge in [-0.15, -0.1) is 0 Å². The predicted octanol–water partition coefficient (Wildman–Crippen LogP) is 7.33. The maximum absolute atomic E-state index is 9.67. The van der Waals surface area contributed by atoms with E-state index in [4.69, 9.17) is 9.40 Å². The van der Waals surface area contributed by atoms with Crippen molar-refractivity contribution in [2.75, 3.05) is 0 Å². The third kappa shape index (κ3) is 2.54. The van der Waals surface area contributed by atoms with E-state index in [1.165, 1.54) is 36.6 Å². The van der Waals surface area contributed by atoms with E-state index in [2.05, 4.69) is 30.3 Å². The molecule has 0 radical (unpaired) electrons. The fraction of sp³-hybridized carbons (Fsp3) is 0.185. The van der Waals surface area contributed by atoms with Gasteiger partial charge in [-0.2, -0.15) is 5.26 Å². The molecule has 1 aliphatic carbocycles. The highest BCUT2D eigenvalue weighted by Gasteiger charge is 2.20. The lowest BCUT2D eigenvalue weighted by molar-refractivity contribution is 0.670. The van der Waals surface area contributed by atoms with Crippen molar-refractivity contribution >= 4 is 32.7 Å². The minimum Gasteiger partial charge on any atom is -0.455 e. The molecule has 0 N–H and O–H groups in total. The monoisotopic (exact) mass is 388 g/mol. The van der Waals surface area contributed by atoms with Crippen LogP contribution in [-0.4, -0.2) is 4.98 Å². The lowest BCUT2D eigenvalue weighted by atomic mass is 9.93. The number of para-hydroxylation sites is 1. The molecule has 144 valence electrons.